The van der Waals surface area contributed by atoms with Crippen molar-refractivity contribution in [3.05, 3.63) is 24.3 Å². The van der Waals surface area contributed by atoms with Crippen LogP contribution >= 0.6 is 0 Å². The van der Waals surface area contributed by atoms with E-state index in [-0.39, 0.29) is 17.5 Å². The van der Waals surface area contributed by atoms with E-state index < -0.39 is 15.9 Å². The maximum absolute atomic E-state index is 11.6. The Morgan fingerprint density at radius 1 is 1.18 bits per heavy atom. The van der Waals surface area contributed by atoms with E-state index in [0.29, 0.717) is 0 Å². The van der Waals surface area contributed by atoms with Crippen molar-refractivity contribution < 1.29 is 23.2 Å². The molecule has 2 aliphatic heterocycles. The van der Waals surface area contributed by atoms with Gasteiger partial charge in [0.1, 0.15) is 23.6 Å². The quantitative estimate of drug-likeness (QED) is 0.711. The van der Waals surface area contributed by atoms with Crippen LogP contribution in [0.15, 0.2) is 24.3 Å². The molecule has 6 nitrogen and oxygen atoms in total. The predicted molar refractivity (Wildman–Crippen MR) is 84.4 cm³/mol. The summed E-state index contributed by atoms with van der Waals surface area (Å²) in [4.78, 5) is 3.50. The number of hydrogen-bond acceptors (Lipinski definition) is 5. The van der Waals surface area contributed by atoms with Gasteiger partial charge in [-0.05, 0) is 24.3 Å². The van der Waals surface area contributed by atoms with Crippen LogP contribution in [-0.2, 0) is 9.84 Å². The molecule has 2 aliphatic rings. The van der Waals surface area contributed by atoms with Crippen molar-refractivity contribution in [2.24, 2.45) is 0 Å². The minimum absolute atomic E-state index is 0.0800. The maximum atomic E-state index is 11.6. The van der Waals surface area contributed by atoms with Gasteiger partial charge in [-0.1, -0.05) is 0 Å². The van der Waals surface area contributed by atoms with Gasteiger partial charge in [0, 0.05) is 5.69 Å². The van der Waals surface area contributed by atoms with Crippen LogP contribution in [0.1, 0.15) is 0 Å². The normalized spacial score (nSPS) is 28.7. The monoisotopic (exact) mass is 327 g/mol. The molecule has 0 aliphatic carbocycles. The number of piperazine rings is 1. The predicted octanol–water partition coefficient (Wildman–Crippen LogP) is -1.44. The largest absolute Gasteiger partial charge is 0.497 e. The number of sulfone groups is 1. The molecule has 0 aromatic heterocycles. The molecule has 2 N–H and O–H groups in total. The fourth-order valence-electron chi connectivity index (χ4n) is 3.43. The lowest BCUT2D eigenvalue weighted by Crippen LogP contribution is -3.19. The third-order valence-electron chi connectivity index (χ3n) is 4.69. The zero-order valence-electron chi connectivity index (χ0n) is 12.7. The van der Waals surface area contributed by atoms with Crippen LogP contribution in [0.25, 0.3) is 0 Å². The van der Waals surface area contributed by atoms with Crippen LogP contribution in [0.5, 0.6) is 5.75 Å². The van der Waals surface area contributed by atoms with Crippen LogP contribution in [0, 0.1) is 0 Å². The van der Waals surface area contributed by atoms with Crippen molar-refractivity contribution in [1.82, 2.24) is 0 Å². The molecule has 2 heterocycles. The highest BCUT2D eigenvalue weighted by molar-refractivity contribution is 7.91. The van der Waals surface area contributed by atoms with E-state index in [4.69, 9.17) is 4.74 Å². The fourth-order valence-corrected chi connectivity index (χ4v) is 5.33. The Hall–Kier alpha value is -1.31. The van der Waals surface area contributed by atoms with E-state index in [2.05, 4.69) is 4.90 Å². The summed E-state index contributed by atoms with van der Waals surface area (Å²) in [5.74, 6) is 0.877. The molecule has 2 saturated heterocycles. The molecule has 0 unspecified atom stereocenters. The topological polar surface area (TPSA) is 71.3 Å². The smallest absolute Gasteiger partial charge is 0.159 e. The molecule has 122 valence electrons. The van der Waals surface area contributed by atoms with Gasteiger partial charge in [0.05, 0.1) is 39.0 Å². The number of benzene rings is 1. The van der Waals surface area contributed by atoms with Crippen molar-refractivity contribution in [3.63, 3.8) is 0 Å². The van der Waals surface area contributed by atoms with Crippen LogP contribution in [0.4, 0.5) is 5.69 Å². The molecule has 2 atom stereocenters. The number of quaternary nitrogens is 1. The van der Waals surface area contributed by atoms with E-state index in [1.54, 1.807) is 7.11 Å². The number of ether oxygens (including phenoxy) is 1. The van der Waals surface area contributed by atoms with E-state index >= 15 is 0 Å². The minimum Gasteiger partial charge on any atom is -0.497 e. The van der Waals surface area contributed by atoms with Crippen molar-refractivity contribution in [3.8, 4) is 5.75 Å². The minimum atomic E-state index is -3.07. The van der Waals surface area contributed by atoms with Gasteiger partial charge in [0.25, 0.3) is 0 Å². The van der Waals surface area contributed by atoms with Gasteiger partial charge in [-0.3, -0.25) is 0 Å². The molecule has 7 heteroatoms. The molecule has 0 spiro atoms. The van der Waals surface area contributed by atoms with E-state index in [1.807, 2.05) is 24.3 Å². The van der Waals surface area contributed by atoms with Gasteiger partial charge >= 0.3 is 0 Å². The number of hydrogen-bond donors (Lipinski definition) is 2. The number of aliphatic hydroxyl groups is 1. The van der Waals surface area contributed by atoms with E-state index in [1.165, 1.54) is 4.90 Å². The number of methoxy groups -OCH3 is 1. The van der Waals surface area contributed by atoms with Gasteiger partial charge in [0.2, 0.25) is 0 Å². The Bertz CT molecular complexity index is 609. The molecule has 1 aromatic carbocycles. The SMILES string of the molecule is COc1ccc(N2CC[NH+]([C@H]3CS(=O)(=O)C[C@@H]3O)CC2)cc1. The Kier molecular flexibility index (Phi) is 4.29. The maximum Gasteiger partial charge on any atom is 0.159 e. The van der Waals surface area contributed by atoms with E-state index in [0.717, 1.165) is 37.6 Å². The number of anilines is 1. The third kappa shape index (κ3) is 3.21. The van der Waals surface area contributed by atoms with Crippen LogP contribution in [-0.4, -0.2) is 70.5 Å². The molecule has 3 rings (SSSR count). The zero-order valence-corrected chi connectivity index (χ0v) is 13.6. The average molecular weight is 327 g/mol. The molecular weight excluding hydrogens is 304 g/mol. The second-order valence-electron chi connectivity index (χ2n) is 6.09. The first kappa shape index (κ1) is 15.6. The molecule has 0 radical (unpaired) electrons. The van der Waals surface area contributed by atoms with Crippen LogP contribution in [0.2, 0.25) is 0 Å². The molecule has 22 heavy (non-hydrogen) atoms. The van der Waals surface area contributed by atoms with Gasteiger partial charge in [0.15, 0.2) is 9.84 Å². The second kappa shape index (κ2) is 6.06. The number of nitrogens with one attached hydrogen (secondary N) is 1. The van der Waals surface area contributed by atoms with Crippen LogP contribution < -0.4 is 14.5 Å². The first-order chi connectivity index (χ1) is 10.5. The summed E-state index contributed by atoms with van der Waals surface area (Å²) < 4.78 is 28.5. The van der Waals surface area contributed by atoms with Crippen molar-refractivity contribution >= 4 is 15.5 Å². The molecular formula is C15H23N2O4S+. The molecule has 0 saturated carbocycles. The Morgan fingerprint density at radius 2 is 1.82 bits per heavy atom. The zero-order chi connectivity index (χ0) is 15.7. The summed E-state index contributed by atoms with van der Waals surface area (Å²) in [6.07, 6.45) is -0.715. The second-order valence-corrected chi connectivity index (χ2v) is 8.25. The van der Waals surface area contributed by atoms with Gasteiger partial charge in [-0.25, -0.2) is 8.42 Å². The van der Waals surface area contributed by atoms with Crippen molar-refractivity contribution in [1.29, 1.82) is 0 Å². The molecule has 0 amide bonds. The average Bonchev–Trinajstić information content (AvgIpc) is 2.80. The number of rotatable bonds is 3. The molecule has 1 aromatic rings. The summed E-state index contributed by atoms with van der Waals surface area (Å²) in [5, 5.41) is 9.99. The van der Waals surface area contributed by atoms with Gasteiger partial charge < -0.3 is 19.6 Å². The highest BCUT2D eigenvalue weighted by Crippen LogP contribution is 2.19. The number of nitrogens with zero attached hydrogens (tertiary/aromatic N) is 1. The third-order valence-corrected chi connectivity index (χ3v) is 6.41. The van der Waals surface area contributed by atoms with Gasteiger partial charge in [-0.15, -0.1) is 0 Å². The van der Waals surface area contributed by atoms with Crippen molar-refractivity contribution in [2.45, 2.75) is 12.1 Å². The van der Waals surface area contributed by atoms with Crippen molar-refractivity contribution in [2.75, 3.05) is 49.7 Å². The Balaban J connectivity index is 1.60. The lowest BCUT2D eigenvalue weighted by atomic mass is 10.1. The lowest BCUT2D eigenvalue weighted by molar-refractivity contribution is -0.925. The summed E-state index contributed by atoms with van der Waals surface area (Å²) in [6.45, 7) is 3.43. The number of aliphatic hydroxyl groups excluding tert-OH is 1. The molecule has 2 fully saturated rings. The Labute approximate surface area is 131 Å². The summed E-state index contributed by atoms with van der Waals surface area (Å²) in [6, 6.07) is 7.81. The highest BCUT2D eigenvalue weighted by Gasteiger charge is 2.43. The van der Waals surface area contributed by atoms with Gasteiger partial charge in [-0.2, -0.15) is 0 Å². The standard InChI is InChI=1S/C15H22N2O4S/c1-21-13-4-2-12(3-5-13)16-6-8-17(9-7-16)14-10-22(19,20)11-15(14)18/h2-5,14-15,18H,6-11H2,1H3/p+1/t14-,15-/m0/s1. The first-order valence-corrected chi connectivity index (χ1v) is 9.43. The summed E-state index contributed by atoms with van der Waals surface area (Å²) >= 11 is 0. The fraction of sp³-hybridized carbons (Fsp3) is 0.600. The van der Waals surface area contributed by atoms with Crippen LogP contribution in [0.3, 0.4) is 0 Å². The molecule has 0 bridgehead atoms. The lowest BCUT2D eigenvalue weighted by Gasteiger charge is -2.37. The summed E-state index contributed by atoms with van der Waals surface area (Å²) in [7, 11) is -1.41. The summed E-state index contributed by atoms with van der Waals surface area (Å²) in [5.41, 5.74) is 1.15. The first-order valence-electron chi connectivity index (χ1n) is 7.60. The van der Waals surface area contributed by atoms with E-state index in [9.17, 15) is 13.5 Å². The Morgan fingerprint density at radius 3 is 2.32 bits per heavy atom. The highest BCUT2D eigenvalue weighted by atomic mass is 32.2.